The normalized spacial score (nSPS) is 18.7. The van der Waals surface area contributed by atoms with Crippen molar-refractivity contribution < 1.29 is 9.59 Å². The molecule has 1 aliphatic rings. The Bertz CT molecular complexity index is 309. The van der Waals surface area contributed by atoms with E-state index < -0.39 is 10.8 Å². The Hall–Kier alpha value is -0.660. The molecule has 1 rings (SSSR count). The van der Waals surface area contributed by atoms with E-state index >= 15 is 0 Å². The summed E-state index contributed by atoms with van der Waals surface area (Å²) >= 11 is 0. The lowest BCUT2D eigenvalue weighted by atomic mass is 9.66. The Morgan fingerprint density at radius 1 is 0.789 bits per heavy atom. The maximum Gasteiger partial charge on any atom is 0.148 e. The lowest BCUT2D eigenvalue weighted by Crippen LogP contribution is -2.43. The SMILES string of the molecule is CC(C)(C)C(=O)C(C(=O)C(C)(C)C)C1CCCCC1. The molecule has 2 heteroatoms. The van der Waals surface area contributed by atoms with E-state index in [-0.39, 0.29) is 23.4 Å². The third-order valence-corrected chi connectivity index (χ3v) is 4.16. The molecule has 0 aliphatic heterocycles. The maximum absolute atomic E-state index is 12.7. The van der Waals surface area contributed by atoms with Gasteiger partial charge in [-0.25, -0.2) is 0 Å². The van der Waals surface area contributed by atoms with Gasteiger partial charge in [0.1, 0.15) is 11.6 Å². The van der Waals surface area contributed by atoms with Gasteiger partial charge in [0.2, 0.25) is 0 Å². The summed E-state index contributed by atoms with van der Waals surface area (Å²) in [5.41, 5.74) is -0.855. The zero-order chi connectivity index (χ0) is 14.8. The molecule has 0 bridgehead atoms. The summed E-state index contributed by atoms with van der Waals surface area (Å²) in [4.78, 5) is 25.5. The van der Waals surface area contributed by atoms with Gasteiger partial charge in [-0.05, 0) is 18.8 Å². The van der Waals surface area contributed by atoms with Gasteiger partial charge in [0, 0.05) is 10.8 Å². The van der Waals surface area contributed by atoms with Gasteiger partial charge in [-0.1, -0.05) is 60.8 Å². The van der Waals surface area contributed by atoms with Crippen LogP contribution < -0.4 is 0 Å². The van der Waals surface area contributed by atoms with Gasteiger partial charge in [-0.2, -0.15) is 0 Å². The Morgan fingerprint density at radius 2 is 1.16 bits per heavy atom. The van der Waals surface area contributed by atoms with Crippen molar-refractivity contribution in [3.8, 4) is 0 Å². The smallest absolute Gasteiger partial charge is 0.148 e. The summed E-state index contributed by atoms with van der Waals surface area (Å²) in [5.74, 6) is 0.158. The molecule has 2 nitrogen and oxygen atoms in total. The van der Waals surface area contributed by atoms with E-state index in [1.165, 1.54) is 6.42 Å². The molecule has 0 radical (unpaired) electrons. The highest BCUT2D eigenvalue weighted by Crippen LogP contribution is 2.38. The van der Waals surface area contributed by atoms with Crippen molar-refractivity contribution in [3.05, 3.63) is 0 Å². The van der Waals surface area contributed by atoms with E-state index in [1.54, 1.807) is 0 Å². The molecule has 0 atom stereocenters. The molecule has 0 spiro atoms. The van der Waals surface area contributed by atoms with Crippen LogP contribution in [-0.4, -0.2) is 11.6 Å². The monoisotopic (exact) mass is 266 g/mol. The van der Waals surface area contributed by atoms with E-state index in [4.69, 9.17) is 0 Å². The first-order valence-corrected chi connectivity index (χ1v) is 7.64. The minimum absolute atomic E-state index is 0.138. The average molecular weight is 266 g/mol. The van der Waals surface area contributed by atoms with Gasteiger partial charge >= 0.3 is 0 Å². The number of Topliss-reactive ketones (excluding diaryl/α,β-unsaturated/α-hetero) is 2. The molecule has 0 heterocycles. The van der Waals surface area contributed by atoms with E-state index in [0.29, 0.717) is 0 Å². The number of carbonyl (C=O) groups is 2. The first-order chi connectivity index (χ1) is 8.55. The van der Waals surface area contributed by atoms with Crippen LogP contribution in [0.25, 0.3) is 0 Å². The van der Waals surface area contributed by atoms with E-state index in [1.807, 2.05) is 41.5 Å². The van der Waals surface area contributed by atoms with E-state index in [2.05, 4.69) is 0 Å². The Labute approximate surface area is 118 Å². The van der Waals surface area contributed by atoms with Gasteiger partial charge in [0.05, 0.1) is 5.92 Å². The molecule has 1 aliphatic carbocycles. The number of rotatable bonds is 3. The van der Waals surface area contributed by atoms with Crippen LogP contribution in [0.4, 0.5) is 0 Å². The van der Waals surface area contributed by atoms with Gasteiger partial charge in [-0.15, -0.1) is 0 Å². The molecular formula is C17H30O2. The minimum Gasteiger partial charge on any atom is -0.298 e. The molecule has 0 aromatic carbocycles. The highest BCUT2D eigenvalue weighted by Gasteiger charge is 2.43. The number of carbonyl (C=O) groups excluding carboxylic acids is 2. The van der Waals surface area contributed by atoms with Crippen LogP contribution in [0.2, 0.25) is 0 Å². The van der Waals surface area contributed by atoms with E-state index in [0.717, 1.165) is 25.7 Å². The molecular weight excluding hydrogens is 236 g/mol. The zero-order valence-corrected chi connectivity index (χ0v) is 13.5. The van der Waals surface area contributed by atoms with Crippen LogP contribution in [0.15, 0.2) is 0 Å². The number of hydrogen-bond donors (Lipinski definition) is 0. The number of hydrogen-bond acceptors (Lipinski definition) is 2. The summed E-state index contributed by atoms with van der Waals surface area (Å²) in [6.45, 7) is 11.6. The Kier molecular flexibility index (Phi) is 4.97. The summed E-state index contributed by atoms with van der Waals surface area (Å²) in [6.07, 6.45) is 5.64. The van der Waals surface area contributed by atoms with Crippen molar-refractivity contribution in [1.82, 2.24) is 0 Å². The quantitative estimate of drug-likeness (QED) is 0.709. The average Bonchev–Trinajstić information content (AvgIpc) is 2.28. The van der Waals surface area contributed by atoms with Crippen molar-refractivity contribution in [3.63, 3.8) is 0 Å². The van der Waals surface area contributed by atoms with Crippen molar-refractivity contribution in [2.24, 2.45) is 22.7 Å². The van der Waals surface area contributed by atoms with Gasteiger partial charge < -0.3 is 0 Å². The van der Waals surface area contributed by atoms with Crippen LogP contribution >= 0.6 is 0 Å². The lowest BCUT2D eigenvalue weighted by molar-refractivity contribution is -0.144. The largest absolute Gasteiger partial charge is 0.298 e. The fraction of sp³-hybridized carbons (Fsp3) is 0.882. The predicted molar refractivity (Wildman–Crippen MR) is 79.0 cm³/mol. The van der Waals surface area contributed by atoms with Crippen molar-refractivity contribution in [2.75, 3.05) is 0 Å². The van der Waals surface area contributed by atoms with Crippen LogP contribution in [-0.2, 0) is 9.59 Å². The van der Waals surface area contributed by atoms with Crippen LogP contribution in [0, 0.1) is 22.7 Å². The van der Waals surface area contributed by atoms with Crippen LogP contribution in [0.5, 0.6) is 0 Å². The lowest BCUT2D eigenvalue weighted by Gasteiger charge is -2.35. The summed E-state index contributed by atoms with van der Waals surface area (Å²) in [6, 6.07) is 0. The highest BCUT2D eigenvalue weighted by molar-refractivity contribution is 6.06. The first kappa shape index (κ1) is 16.4. The molecule has 0 N–H and O–H groups in total. The van der Waals surface area contributed by atoms with Gasteiger partial charge in [0.25, 0.3) is 0 Å². The molecule has 0 amide bonds. The molecule has 0 aromatic heterocycles. The second-order valence-corrected chi connectivity index (χ2v) is 8.10. The minimum atomic E-state index is -0.428. The zero-order valence-electron chi connectivity index (χ0n) is 13.5. The third kappa shape index (κ3) is 4.15. The first-order valence-electron chi connectivity index (χ1n) is 7.64. The molecule has 0 aromatic rings. The molecule has 1 fully saturated rings. The summed E-state index contributed by atoms with van der Waals surface area (Å²) < 4.78 is 0. The molecule has 19 heavy (non-hydrogen) atoms. The molecule has 0 unspecified atom stereocenters. The topological polar surface area (TPSA) is 34.1 Å². The molecule has 1 saturated carbocycles. The summed E-state index contributed by atoms with van der Waals surface area (Å²) in [5, 5.41) is 0. The summed E-state index contributed by atoms with van der Waals surface area (Å²) in [7, 11) is 0. The van der Waals surface area contributed by atoms with Crippen molar-refractivity contribution in [2.45, 2.75) is 73.6 Å². The van der Waals surface area contributed by atoms with Gasteiger partial charge in [0.15, 0.2) is 0 Å². The van der Waals surface area contributed by atoms with Gasteiger partial charge in [-0.3, -0.25) is 9.59 Å². The Balaban J connectivity index is 3.03. The molecule has 0 saturated heterocycles. The fourth-order valence-corrected chi connectivity index (χ4v) is 2.95. The fourth-order valence-electron chi connectivity index (χ4n) is 2.95. The second kappa shape index (κ2) is 5.76. The second-order valence-electron chi connectivity index (χ2n) is 8.10. The Morgan fingerprint density at radius 3 is 1.47 bits per heavy atom. The highest BCUT2D eigenvalue weighted by atomic mass is 16.2. The predicted octanol–water partition coefficient (Wildman–Crippen LogP) is 4.41. The van der Waals surface area contributed by atoms with Crippen molar-refractivity contribution in [1.29, 1.82) is 0 Å². The van der Waals surface area contributed by atoms with Crippen LogP contribution in [0.1, 0.15) is 73.6 Å². The maximum atomic E-state index is 12.7. The third-order valence-electron chi connectivity index (χ3n) is 4.16. The van der Waals surface area contributed by atoms with Crippen LogP contribution in [0.3, 0.4) is 0 Å². The number of ketones is 2. The molecule has 110 valence electrons. The van der Waals surface area contributed by atoms with Crippen molar-refractivity contribution >= 4 is 11.6 Å². The van der Waals surface area contributed by atoms with E-state index in [9.17, 15) is 9.59 Å². The standard InChI is InChI=1S/C17H30O2/c1-16(2,3)14(18)13(15(19)17(4,5)6)12-10-8-7-9-11-12/h12-13H,7-11H2,1-6H3.